The molecule has 2 atom stereocenters. The molecule has 2 unspecified atom stereocenters. The zero-order valence-electron chi connectivity index (χ0n) is 13.3. The van der Waals surface area contributed by atoms with E-state index >= 15 is 0 Å². The van der Waals surface area contributed by atoms with Gasteiger partial charge in [-0.25, -0.2) is 12.7 Å². The van der Waals surface area contributed by atoms with Gasteiger partial charge in [0.15, 0.2) is 0 Å². The molecule has 1 aliphatic carbocycles. The highest BCUT2D eigenvalue weighted by atomic mass is 32.2. The molecule has 0 saturated heterocycles. The van der Waals surface area contributed by atoms with Crippen LogP contribution in [-0.2, 0) is 14.8 Å². The fraction of sp³-hybridized carbons (Fsp3) is 0.533. The Morgan fingerprint density at radius 2 is 2.05 bits per heavy atom. The summed E-state index contributed by atoms with van der Waals surface area (Å²) in [5.74, 6) is 0.645. The van der Waals surface area contributed by atoms with E-state index in [0.29, 0.717) is 18.2 Å². The molecule has 0 aromatic heterocycles. The monoisotopic (exact) mass is 326 g/mol. The Morgan fingerprint density at radius 1 is 1.41 bits per heavy atom. The molecule has 0 bridgehead atoms. The van der Waals surface area contributed by atoms with Crippen LogP contribution in [0.2, 0.25) is 0 Å². The van der Waals surface area contributed by atoms with Crippen LogP contribution in [0.5, 0.6) is 5.75 Å². The normalized spacial score (nSPS) is 20.8. The Labute approximate surface area is 131 Å². The van der Waals surface area contributed by atoms with E-state index in [-0.39, 0.29) is 22.5 Å². The Hall–Kier alpha value is -1.60. The van der Waals surface area contributed by atoms with Gasteiger partial charge in [-0.15, -0.1) is 0 Å². The summed E-state index contributed by atoms with van der Waals surface area (Å²) in [5, 5.41) is 2.78. The van der Waals surface area contributed by atoms with Gasteiger partial charge in [0.25, 0.3) is 0 Å². The molecular formula is C15H22N2O4S. The molecule has 0 aliphatic heterocycles. The van der Waals surface area contributed by atoms with Crippen molar-refractivity contribution in [1.29, 1.82) is 0 Å². The lowest BCUT2D eigenvalue weighted by Gasteiger charge is -2.16. The van der Waals surface area contributed by atoms with Crippen LogP contribution < -0.4 is 10.1 Å². The maximum atomic E-state index is 12.4. The average molecular weight is 326 g/mol. The summed E-state index contributed by atoms with van der Waals surface area (Å²) in [6.07, 6.45) is 0.881. The zero-order chi connectivity index (χ0) is 16.5. The topological polar surface area (TPSA) is 75.7 Å². The van der Waals surface area contributed by atoms with Gasteiger partial charge in [0, 0.05) is 25.7 Å². The van der Waals surface area contributed by atoms with Gasteiger partial charge in [-0.2, -0.15) is 0 Å². The molecule has 122 valence electrons. The van der Waals surface area contributed by atoms with E-state index in [0.717, 1.165) is 10.7 Å². The summed E-state index contributed by atoms with van der Waals surface area (Å²) in [7, 11) is -0.725. The molecule has 0 spiro atoms. The molecule has 7 heteroatoms. The molecule has 1 aromatic carbocycles. The van der Waals surface area contributed by atoms with Crippen LogP contribution in [0.1, 0.15) is 20.3 Å². The third kappa shape index (κ3) is 3.41. The van der Waals surface area contributed by atoms with E-state index in [9.17, 15) is 13.2 Å². The highest BCUT2D eigenvalue weighted by molar-refractivity contribution is 7.89. The predicted octanol–water partition coefficient (Wildman–Crippen LogP) is 1.93. The fourth-order valence-electron chi connectivity index (χ4n) is 2.18. The number of amides is 1. The smallest absolute Gasteiger partial charge is 0.246 e. The van der Waals surface area contributed by atoms with Gasteiger partial charge in [-0.1, -0.05) is 6.92 Å². The van der Waals surface area contributed by atoms with Crippen molar-refractivity contribution in [2.45, 2.75) is 25.2 Å². The van der Waals surface area contributed by atoms with Gasteiger partial charge in [0.2, 0.25) is 15.9 Å². The number of anilines is 1. The average Bonchev–Trinajstić information content (AvgIpc) is 3.17. The van der Waals surface area contributed by atoms with E-state index in [1.165, 1.54) is 20.2 Å². The second-order valence-corrected chi connectivity index (χ2v) is 7.81. The van der Waals surface area contributed by atoms with Crippen LogP contribution in [0.4, 0.5) is 5.69 Å². The molecule has 1 fully saturated rings. The first kappa shape index (κ1) is 16.8. The maximum absolute atomic E-state index is 12.4. The molecular weight excluding hydrogens is 304 g/mol. The lowest BCUT2D eigenvalue weighted by Crippen LogP contribution is -2.23. The second kappa shape index (κ2) is 6.26. The highest BCUT2D eigenvalue weighted by Gasteiger charge is 2.39. The van der Waals surface area contributed by atoms with Crippen molar-refractivity contribution in [2.75, 3.05) is 26.0 Å². The van der Waals surface area contributed by atoms with Crippen molar-refractivity contribution < 1.29 is 17.9 Å². The van der Waals surface area contributed by atoms with E-state index in [4.69, 9.17) is 4.74 Å². The van der Waals surface area contributed by atoms with Crippen LogP contribution in [0.15, 0.2) is 23.1 Å². The summed E-state index contributed by atoms with van der Waals surface area (Å²) in [6, 6.07) is 4.68. The lowest BCUT2D eigenvalue weighted by molar-refractivity contribution is -0.117. The molecule has 6 nitrogen and oxygen atoms in total. The summed E-state index contributed by atoms with van der Waals surface area (Å²) < 4.78 is 31.3. The zero-order valence-corrected chi connectivity index (χ0v) is 14.1. The van der Waals surface area contributed by atoms with Gasteiger partial charge in [-0.05, 0) is 37.5 Å². The SMILES string of the molecule is CCOc1ccc(NC(=O)C2CC2C)cc1S(=O)(=O)N(C)C. The van der Waals surface area contributed by atoms with Crippen molar-refractivity contribution in [1.82, 2.24) is 4.31 Å². The number of sulfonamides is 1. The number of carbonyl (C=O) groups is 1. The summed E-state index contributed by atoms with van der Waals surface area (Å²) in [4.78, 5) is 12.0. The largest absolute Gasteiger partial charge is 0.492 e. The minimum absolute atomic E-state index is 0.0282. The minimum Gasteiger partial charge on any atom is -0.492 e. The van der Waals surface area contributed by atoms with Crippen LogP contribution in [-0.4, -0.2) is 39.3 Å². The van der Waals surface area contributed by atoms with Crippen molar-refractivity contribution in [3.8, 4) is 5.75 Å². The van der Waals surface area contributed by atoms with Crippen LogP contribution >= 0.6 is 0 Å². The number of benzene rings is 1. The maximum Gasteiger partial charge on any atom is 0.246 e. The number of hydrogen-bond donors (Lipinski definition) is 1. The summed E-state index contributed by atoms with van der Waals surface area (Å²) >= 11 is 0. The molecule has 1 aliphatic rings. The number of rotatable bonds is 6. The first-order valence-corrected chi connectivity index (χ1v) is 8.71. The van der Waals surface area contributed by atoms with E-state index in [2.05, 4.69) is 5.32 Å². The first-order valence-electron chi connectivity index (χ1n) is 7.27. The van der Waals surface area contributed by atoms with Crippen LogP contribution in [0.3, 0.4) is 0 Å². The molecule has 2 rings (SSSR count). The highest BCUT2D eigenvalue weighted by Crippen LogP contribution is 2.39. The van der Waals surface area contributed by atoms with E-state index < -0.39 is 10.0 Å². The van der Waals surface area contributed by atoms with Crippen molar-refractivity contribution in [3.05, 3.63) is 18.2 Å². The van der Waals surface area contributed by atoms with Gasteiger partial charge in [0.1, 0.15) is 10.6 Å². The van der Waals surface area contributed by atoms with Gasteiger partial charge < -0.3 is 10.1 Å². The number of nitrogens with one attached hydrogen (secondary N) is 1. The third-order valence-corrected chi connectivity index (χ3v) is 5.55. The number of nitrogens with zero attached hydrogens (tertiary/aromatic N) is 1. The molecule has 1 amide bonds. The quantitative estimate of drug-likeness (QED) is 0.867. The Bertz CT molecular complexity index is 670. The molecule has 22 heavy (non-hydrogen) atoms. The van der Waals surface area contributed by atoms with Crippen LogP contribution in [0.25, 0.3) is 0 Å². The van der Waals surface area contributed by atoms with Gasteiger partial charge >= 0.3 is 0 Å². The molecule has 1 aromatic rings. The second-order valence-electron chi connectivity index (χ2n) is 5.69. The third-order valence-electron chi connectivity index (χ3n) is 3.72. The van der Waals surface area contributed by atoms with E-state index in [1.54, 1.807) is 19.1 Å². The fourth-order valence-corrected chi connectivity index (χ4v) is 3.23. The minimum atomic E-state index is -3.65. The summed E-state index contributed by atoms with van der Waals surface area (Å²) in [6.45, 7) is 4.17. The number of hydrogen-bond acceptors (Lipinski definition) is 4. The van der Waals surface area contributed by atoms with E-state index in [1.807, 2.05) is 6.92 Å². The molecule has 1 saturated carbocycles. The predicted molar refractivity (Wildman–Crippen MR) is 84.4 cm³/mol. The van der Waals surface area contributed by atoms with Gasteiger partial charge in [-0.3, -0.25) is 4.79 Å². The lowest BCUT2D eigenvalue weighted by atomic mass is 10.2. The van der Waals surface area contributed by atoms with Crippen molar-refractivity contribution in [2.24, 2.45) is 11.8 Å². The van der Waals surface area contributed by atoms with Gasteiger partial charge in [0.05, 0.1) is 6.61 Å². The van der Waals surface area contributed by atoms with Crippen LogP contribution in [0, 0.1) is 11.8 Å². The molecule has 1 N–H and O–H groups in total. The molecule has 0 heterocycles. The Morgan fingerprint density at radius 3 is 2.55 bits per heavy atom. The standard InChI is InChI=1S/C15H22N2O4S/c1-5-21-13-7-6-11(16-15(18)12-8-10(12)2)9-14(13)22(19,20)17(3)4/h6-7,9-10,12H,5,8H2,1-4H3,(H,16,18). The number of carbonyl (C=O) groups excluding carboxylic acids is 1. The van der Waals surface area contributed by atoms with Crippen molar-refractivity contribution >= 4 is 21.6 Å². The van der Waals surface area contributed by atoms with Crippen molar-refractivity contribution in [3.63, 3.8) is 0 Å². The Balaban J connectivity index is 2.32. The summed E-state index contributed by atoms with van der Waals surface area (Å²) in [5.41, 5.74) is 0.466. The number of ether oxygens (including phenoxy) is 1. The Kier molecular flexibility index (Phi) is 4.77. The first-order chi connectivity index (χ1) is 10.3. The molecule has 0 radical (unpaired) electrons.